The van der Waals surface area contributed by atoms with Crippen LogP contribution in [0.25, 0.3) is 22.3 Å². The van der Waals surface area contributed by atoms with E-state index in [4.69, 9.17) is 10.7 Å². The zero-order chi connectivity index (χ0) is 20.4. The fourth-order valence-corrected chi connectivity index (χ4v) is 2.98. The second kappa shape index (κ2) is 7.51. The van der Waals surface area contributed by atoms with Crippen LogP contribution in [0.2, 0.25) is 0 Å². The minimum Gasteiger partial charge on any atom is -0.378 e. The largest absolute Gasteiger partial charge is 0.378 e. The molecule has 0 fully saturated rings. The molecule has 4 aromatic rings. The minimum atomic E-state index is -0.515. The van der Waals surface area contributed by atoms with Crippen molar-refractivity contribution in [1.82, 2.24) is 20.2 Å². The van der Waals surface area contributed by atoms with Gasteiger partial charge in [-0.2, -0.15) is 10.2 Å². The molecule has 0 aliphatic carbocycles. The standard InChI is InChI=1S/C21H19N7O/c1-28(2)14-7-8-18-16(11-14)21(26-17-6-4-3-5-15(17)19(22)29)27-20(25-18)13-9-10-23-24-12-13/h3-12H,1-2H3,(H2,22,29)(H,25,26,27). The number of fused-ring (bicyclic) bond motifs is 1. The number of amides is 1. The van der Waals surface area contributed by atoms with Crippen molar-refractivity contribution in [1.29, 1.82) is 0 Å². The highest BCUT2D eigenvalue weighted by atomic mass is 16.1. The molecule has 0 saturated heterocycles. The van der Waals surface area contributed by atoms with Gasteiger partial charge in [-0.05, 0) is 36.4 Å². The van der Waals surface area contributed by atoms with E-state index in [1.807, 2.05) is 43.3 Å². The van der Waals surface area contributed by atoms with E-state index in [1.165, 1.54) is 0 Å². The minimum absolute atomic E-state index is 0.384. The molecule has 144 valence electrons. The van der Waals surface area contributed by atoms with Crippen LogP contribution in [0.3, 0.4) is 0 Å². The molecular formula is C21H19N7O. The van der Waals surface area contributed by atoms with Crippen molar-refractivity contribution in [2.75, 3.05) is 24.3 Å². The van der Waals surface area contributed by atoms with E-state index in [1.54, 1.807) is 36.7 Å². The van der Waals surface area contributed by atoms with Crippen LogP contribution in [0.5, 0.6) is 0 Å². The fourth-order valence-electron chi connectivity index (χ4n) is 2.98. The first-order valence-corrected chi connectivity index (χ1v) is 8.95. The highest BCUT2D eigenvalue weighted by molar-refractivity contribution is 6.01. The van der Waals surface area contributed by atoms with E-state index < -0.39 is 5.91 Å². The SMILES string of the molecule is CN(C)c1ccc2nc(-c3ccnnc3)nc(Nc3ccccc3C(N)=O)c2c1. The molecule has 0 bridgehead atoms. The molecule has 1 amide bonds. The summed E-state index contributed by atoms with van der Waals surface area (Å²) in [5.74, 6) is 0.558. The van der Waals surface area contributed by atoms with Gasteiger partial charge in [-0.1, -0.05) is 12.1 Å². The van der Waals surface area contributed by atoms with Crippen molar-refractivity contribution >= 4 is 34.0 Å². The van der Waals surface area contributed by atoms with Gasteiger partial charge in [0.15, 0.2) is 5.82 Å². The van der Waals surface area contributed by atoms with Gasteiger partial charge in [-0.25, -0.2) is 9.97 Å². The number of carbonyl (C=O) groups is 1. The molecular weight excluding hydrogens is 366 g/mol. The normalized spacial score (nSPS) is 10.7. The maximum Gasteiger partial charge on any atom is 0.250 e. The molecule has 0 radical (unpaired) electrons. The number of hydrogen-bond acceptors (Lipinski definition) is 7. The van der Waals surface area contributed by atoms with Crippen molar-refractivity contribution in [3.63, 3.8) is 0 Å². The van der Waals surface area contributed by atoms with Gasteiger partial charge in [0.2, 0.25) is 0 Å². The molecule has 3 N–H and O–H groups in total. The Balaban J connectivity index is 1.92. The Morgan fingerprint density at radius 1 is 1.03 bits per heavy atom. The number of primary amides is 1. The Morgan fingerprint density at radius 3 is 2.59 bits per heavy atom. The van der Waals surface area contributed by atoms with Gasteiger partial charge in [0.05, 0.1) is 29.2 Å². The number of carbonyl (C=O) groups excluding carboxylic acids is 1. The third-order valence-corrected chi connectivity index (χ3v) is 4.48. The first-order chi connectivity index (χ1) is 14.0. The van der Waals surface area contributed by atoms with Gasteiger partial charge in [-0.3, -0.25) is 4.79 Å². The van der Waals surface area contributed by atoms with Gasteiger partial charge in [-0.15, -0.1) is 0 Å². The molecule has 0 atom stereocenters. The average Bonchev–Trinajstić information content (AvgIpc) is 2.74. The van der Waals surface area contributed by atoms with E-state index in [-0.39, 0.29) is 0 Å². The number of nitrogens with one attached hydrogen (secondary N) is 1. The summed E-state index contributed by atoms with van der Waals surface area (Å²) < 4.78 is 0. The lowest BCUT2D eigenvalue weighted by atomic mass is 10.1. The highest BCUT2D eigenvalue weighted by Gasteiger charge is 2.14. The molecule has 2 heterocycles. The monoisotopic (exact) mass is 385 g/mol. The summed E-state index contributed by atoms with van der Waals surface area (Å²) in [6.07, 6.45) is 3.20. The van der Waals surface area contributed by atoms with Gasteiger partial charge in [0.1, 0.15) is 5.82 Å². The van der Waals surface area contributed by atoms with E-state index >= 15 is 0 Å². The fraction of sp³-hybridized carbons (Fsp3) is 0.0952. The number of nitrogens with zero attached hydrogens (tertiary/aromatic N) is 5. The quantitative estimate of drug-likeness (QED) is 0.543. The number of para-hydroxylation sites is 1. The topological polar surface area (TPSA) is 110 Å². The average molecular weight is 385 g/mol. The molecule has 0 unspecified atom stereocenters. The van der Waals surface area contributed by atoms with E-state index in [2.05, 4.69) is 20.5 Å². The van der Waals surface area contributed by atoms with E-state index in [0.29, 0.717) is 22.9 Å². The van der Waals surface area contributed by atoms with Crippen LogP contribution in [-0.2, 0) is 0 Å². The summed E-state index contributed by atoms with van der Waals surface area (Å²) >= 11 is 0. The third-order valence-electron chi connectivity index (χ3n) is 4.48. The summed E-state index contributed by atoms with van der Waals surface area (Å²) in [5, 5.41) is 11.8. The molecule has 0 saturated carbocycles. The molecule has 2 aromatic carbocycles. The van der Waals surface area contributed by atoms with Gasteiger partial charge in [0, 0.05) is 30.7 Å². The predicted molar refractivity (Wildman–Crippen MR) is 113 cm³/mol. The van der Waals surface area contributed by atoms with Crippen LogP contribution < -0.4 is 16.0 Å². The summed E-state index contributed by atoms with van der Waals surface area (Å²) in [7, 11) is 3.93. The zero-order valence-electron chi connectivity index (χ0n) is 16.0. The second-order valence-corrected chi connectivity index (χ2v) is 6.66. The van der Waals surface area contributed by atoms with Crippen molar-refractivity contribution in [3.05, 3.63) is 66.5 Å². The van der Waals surface area contributed by atoms with Gasteiger partial charge < -0.3 is 16.0 Å². The maximum atomic E-state index is 11.8. The van der Waals surface area contributed by atoms with E-state index in [9.17, 15) is 4.79 Å². The summed E-state index contributed by atoms with van der Waals surface area (Å²) in [6.45, 7) is 0. The number of hydrogen-bond donors (Lipinski definition) is 2. The molecule has 4 rings (SSSR count). The lowest BCUT2D eigenvalue weighted by Gasteiger charge is -2.16. The molecule has 0 aliphatic rings. The number of anilines is 3. The first kappa shape index (κ1) is 18.3. The molecule has 8 heteroatoms. The maximum absolute atomic E-state index is 11.8. The summed E-state index contributed by atoms with van der Waals surface area (Å²) in [6, 6.07) is 14.8. The Labute approximate surface area is 167 Å². The van der Waals surface area contributed by atoms with Crippen LogP contribution in [0.1, 0.15) is 10.4 Å². The highest BCUT2D eigenvalue weighted by Crippen LogP contribution is 2.30. The number of benzene rings is 2. The van der Waals surface area contributed by atoms with Crippen molar-refractivity contribution in [2.24, 2.45) is 5.73 Å². The van der Waals surface area contributed by atoms with Crippen LogP contribution in [0, 0.1) is 0 Å². The molecule has 8 nitrogen and oxygen atoms in total. The Morgan fingerprint density at radius 2 is 1.86 bits per heavy atom. The Kier molecular flexibility index (Phi) is 4.74. The second-order valence-electron chi connectivity index (χ2n) is 6.66. The van der Waals surface area contributed by atoms with Crippen LogP contribution in [0.4, 0.5) is 17.2 Å². The Hall–Kier alpha value is -4.07. The number of rotatable bonds is 5. The lowest BCUT2D eigenvalue weighted by Crippen LogP contribution is -2.13. The molecule has 29 heavy (non-hydrogen) atoms. The smallest absolute Gasteiger partial charge is 0.250 e. The predicted octanol–water partition coefficient (Wildman–Crippen LogP) is 3.00. The van der Waals surface area contributed by atoms with Crippen molar-refractivity contribution in [2.45, 2.75) is 0 Å². The summed E-state index contributed by atoms with van der Waals surface area (Å²) in [5.41, 5.74) is 9.00. The molecule has 0 aliphatic heterocycles. The molecule has 0 spiro atoms. The third kappa shape index (κ3) is 3.68. The first-order valence-electron chi connectivity index (χ1n) is 8.95. The number of aromatic nitrogens is 4. The van der Waals surface area contributed by atoms with Crippen molar-refractivity contribution < 1.29 is 4.79 Å². The number of nitrogens with two attached hydrogens (primary N) is 1. The molecule has 2 aromatic heterocycles. The Bertz CT molecular complexity index is 1190. The van der Waals surface area contributed by atoms with Gasteiger partial charge in [0.25, 0.3) is 5.91 Å². The van der Waals surface area contributed by atoms with Crippen LogP contribution >= 0.6 is 0 Å². The van der Waals surface area contributed by atoms with Crippen molar-refractivity contribution in [3.8, 4) is 11.4 Å². The summed E-state index contributed by atoms with van der Waals surface area (Å²) in [4.78, 5) is 23.2. The van der Waals surface area contributed by atoms with Gasteiger partial charge >= 0.3 is 0 Å². The van der Waals surface area contributed by atoms with Crippen LogP contribution in [-0.4, -0.2) is 40.2 Å². The van der Waals surface area contributed by atoms with E-state index in [0.717, 1.165) is 22.2 Å². The lowest BCUT2D eigenvalue weighted by molar-refractivity contribution is 0.100. The van der Waals surface area contributed by atoms with Crippen LogP contribution in [0.15, 0.2) is 60.9 Å². The zero-order valence-corrected chi connectivity index (χ0v) is 16.0.